The van der Waals surface area contributed by atoms with E-state index in [4.69, 9.17) is 11.6 Å². The van der Waals surface area contributed by atoms with Crippen LogP contribution in [0.2, 0.25) is 5.02 Å². The minimum atomic E-state index is 0.0569. The molecule has 1 aromatic rings. The monoisotopic (exact) mass is 378 g/mol. The van der Waals surface area contributed by atoms with Gasteiger partial charge in [0.2, 0.25) is 0 Å². The van der Waals surface area contributed by atoms with Crippen LogP contribution in [0.3, 0.4) is 0 Å². The molecule has 0 bridgehead atoms. The van der Waals surface area contributed by atoms with Gasteiger partial charge in [0, 0.05) is 36.2 Å². The van der Waals surface area contributed by atoms with E-state index in [1.807, 2.05) is 17.9 Å². The van der Waals surface area contributed by atoms with E-state index in [0.717, 1.165) is 44.5 Å². The van der Waals surface area contributed by atoms with E-state index in [9.17, 15) is 9.90 Å². The number of piperidine rings is 2. The molecule has 26 heavy (non-hydrogen) atoms. The number of aryl methyl sites for hydroxylation is 1. The number of hydrogen-bond donors (Lipinski definition) is 1. The molecule has 144 valence electrons. The van der Waals surface area contributed by atoms with E-state index in [1.54, 1.807) is 12.1 Å². The van der Waals surface area contributed by atoms with Crippen LogP contribution in [0, 0.1) is 18.3 Å². The van der Waals surface area contributed by atoms with E-state index in [1.165, 1.54) is 13.0 Å². The Labute approximate surface area is 162 Å². The van der Waals surface area contributed by atoms with Crippen molar-refractivity contribution in [1.82, 2.24) is 9.80 Å². The third-order valence-electron chi connectivity index (χ3n) is 6.49. The molecule has 3 rings (SSSR count). The van der Waals surface area contributed by atoms with Gasteiger partial charge in [0.25, 0.3) is 5.91 Å². The van der Waals surface area contributed by atoms with Gasteiger partial charge in [0.1, 0.15) is 0 Å². The summed E-state index contributed by atoms with van der Waals surface area (Å²) in [4.78, 5) is 17.4. The number of benzene rings is 1. The van der Waals surface area contributed by atoms with E-state index in [0.29, 0.717) is 17.1 Å². The zero-order valence-electron chi connectivity index (χ0n) is 16.0. The van der Waals surface area contributed by atoms with Crippen LogP contribution in [0.25, 0.3) is 0 Å². The number of carbonyl (C=O) groups is 1. The molecule has 1 amide bonds. The van der Waals surface area contributed by atoms with E-state index >= 15 is 0 Å². The fourth-order valence-corrected chi connectivity index (χ4v) is 4.82. The molecule has 2 heterocycles. The fraction of sp³-hybridized carbons (Fsp3) is 0.667. The summed E-state index contributed by atoms with van der Waals surface area (Å²) in [5.41, 5.74) is 1.82. The Balaban J connectivity index is 1.68. The normalized spacial score (nSPS) is 23.4. The van der Waals surface area contributed by atoms with Gasteiger partial charge in [-0.15, -0.1) is 0 Å². The zero-order chi connectivity index (χ0) is 18.7. The van der Waals surface area contributed by atoms with Gasteiger partial charge >= 0.3 is 0 Å². The number of halogens is 1. The molecule has 1 atom stereocenters. The molecular formula is C21H31ClN2O2. The molecule has 2 saturated heterocycles. The van der Waals surface area contributed by atoms with Gasteiger partial charge in [-0.05, 0) is 81.4 Å². The van der Waals surface area contributed by atoms with Gasteiger partial charge in [-0.1, -0.05) is 18.5 Å². The van der Waals surface area contributed by atoms with Crippen molar-refractivity contribution in [2.75, 3.05) is 39.3 Å². The lowest BCUT2D eigenvalue weighted by Crippen LogP contribution is -2.54. The maximum Gasteiger partial charge on any atom is 0.253 e. The Hall–Kier alpha value is -1.10. The number of aliphatic hydroxyl groups excluding tert-OH is 1. The molecule has 0 aliphatic carbocycles. The smallest absolute Gasteiger partial charge is 0.253 e. The van der Waals surface area contributed by atoms with Crippen LogP contribution in [-0.2, 0) is 0 Å². The van der Waals surface area contributed by atoms with Crippen molar-refractivity contribution in [3.63, 3.8) is 0 Å². The van der Waals surface area contributed by atoms with E-state index < -0.39 is 0 Å². The van der Waals surface area contributed by atoms with Crippen molar-refractivity contribution in [2.24, 2.45) is 11.3 Å². The molecule has 2 aliphatic rings. The summed E-state index contributed by atoms with van der Waals surface area (Å²) < 4.78 is 0. The molecule has 1 unspecified atom stereocenters. The first-order valence-electron chi connectivity index (χ1n) is 9.88. The molecule has 1 N–H and O–H groups in total. The van der Waals surface area contributed by atoms with E-state index in [2.05, 4.69) is 11.8 Å². The highest BCUT2D eigenvalue weighted by Crippen LogP contribution is 2.45. The number of rotatable bonds is 4. The van der Waals surface area contributed by atoms with Crippen LogP contribution in [0.4, 0.5) is 0 Å². The molecule has 5 heteroatoms. The lowest BCUT2D eigenvalue weighted by Gasteiger charge is -2.51. The second-order valence-corrected chi connectivity index (χ2v) is 8.46. The topological polar surface area (TPSA) is 43.8 Å². The fourth-order valence-electron chi connectivity index (χ4n) is 4.71. The van der Waals surface area contributed by atoms with Crippen molar-refractivity contribution >= 4 is 17.5 Å². The Morgan fingerprint density at radius 3 is 2.58 bits per heavy atom. The van der Waals surface area contributed by atoms with Crippen LogP contribution in [0.15, 0.2) is 18.2 Å². The molecule has 0 saturated carbocycles. The maximum atomic E-state index is 12.9. The van der Waals surface area contributed by atoms with Gasteiger partial charge < -0.3 is 14.9 Å². The van der Waals surface area contributed by atoms with Crippen molar-refractivity contribution in [3.05, 3.63) is 34.3 Å². The van der Waals surface area contributed by atoms with Gasteiger partial charge in [-0.2, -0.15) is 0 Å². The largest absolute Gasteiger partial charge is 0.396 e. The van der Waals surface area contributed by atoms with Gasteiger partial charge in [-0.25, -0.2) is 0 Å². The van der Waals surface area contributed by atoms with Crippen molar-refractivity contribution in [1.29, 1.82) is 0 Å². The van der Waals surface area contributed by atoms with Crippen molar-refractivity contribution in [3.8, 4) is 0 Å². The Morgan fingerprint density at radius 2 is 1.96 bits per heavy atom. The molecule has 2 aliphatic heterocycles. The number of amides is 1. The average molecular weight is 379 g/mol. The lowest BCUT2D eigenvalue weighted by atomic mass is 9.64. The number of likely N-dealkylation sites (tertiary alicyclic amines) is 2. The first kappa shape index (κ1) is 19.7. The minimum absolute atomic E-state index is 0.0569. The SMILES string of the molecule is CCCN1CCC2(CC1)CCN(C(=O)c1ccc(Cl)c(C)c1)CC2CO. The highest BCUT2D eigenvalue weighted by atomic mass is 35.5. The number of hydrogen-bond acceptors (Lipinski definition) is 3. The number of nitrogens with zero attached hydrogens (tertiary/aromatic N) is 2. The molecule has 0 aromatic heterocycles. The third-order valence-corrected chi connectivity index (χ3v) is 6.91. The van der Waals surface area contributed by atoms with Gasteiger partial charge in [0.15, 0.2) is 0 Å². The third kappa shape index (κ3) is 3.92. The van der Waals surface area contributed by atoms with Crippen LogP contribution in [0.1, 0.15) is 48.5 Å². The summed E-state index contributed by atoms with van der Waals surface area (Å²) >= 11 is 6.09. The number of carbonyl (C=O) groups excluding carboxylic acids is 1. The molecular weight excluding hydrogens is 348 g/mol. The Kier molecular flexibility index (Phi) is 6.26. The molecule has 0 radical (unpaired) electrons. The second-order valence-electron chi connectivity index (χ2n) is 8.05. The Bertz CT molecular complexity index is 641. The summed E-state index contributed by atoms with van der Waals surface area (Å²) in [5, 5.41) is 10.7. The maximum absolute atomic E-state index is 12.9. The molecule has 2 fully saturated rings. The lowest BCUT2D eigenvalue weighted by molar-refractivity contribution is -0.0351. The highest BCUT2D eigenvalue weighted by Gasteiger charge is 2.45. The number of aliphatic hydroxyl groups is 1. The molecule has 1 aromatic carbocycles. The first-order valence-corrected chi connectivity index (χ1v) is 10.3. The van der Waals surface area contributed by atoms with Crippen molar-refractivity contribution < 1.29 is 9.90 Å². The van der Waals surface area contributed by atoms with Crippen molar-refractivity contribution in [2.45, 2.75) is 39.5 Å². The summed E-state index contributed by atoms with van der Waals surface area (Å²) in [6.45, 7) is 9.16. The standard InChI is InChI=1S/C21H31ClN2O2/c1-3-9-23-10-6-21(7-11-23)8-12-24(14-18(21)15-25)20(26)17-4-5-19(22)16(2)13-17/h4-5,13,18,25H,3,6-12,14-15H2,1-2H3. The van der Waals surface area contributed by atoms with Crippen LogP contribution in [-0.4, -0.2) is 60.1 Å². The summed E-state index contributed by atoms with van der Waals surface area (Å²) in [5.74, 6) is 0.235. The molecule has 4 nitrogen and oxygen atoms in total. The summed E-state index contributed by atoms with van der Waals surface area (Å²) in [7, 11) is 0. The minimum Gasteiger partial charge on any atom is -0.396 e. The highest BCUT2D eigenvalue weighted by molar-refractivity contribution is 6.31. The predicted octanol–water partition coefficient (Wildman–Crippen LogP) is 3.60. The van der Waals surface area contributed by atoms with Crippen LogP contribution < -0.4 is 0 Å². The predicted molar refractivity (Wildman–Crippen MR) is 106 cm³/mol. The van der Waals surface area contributed by atoms with Crippen LogP contribution >= 0.6 is 11.6 Å². The average Bonchev–Trinajstić information content (AvgIpc) is 2.66. The second kappa shape index (κ2) is 8.28. The summed E-state index contributed by atoms with van der Waals surface area (Å²) in [6.07, 6.45) is 4.47. The van der Waals surface area contributed by atoms with Gasteiger partial charge in [-0.3, -0.25) is 4.79 Å². The quantitative estimate of drug-likeness (QED) is 0.870. The van der Waals surface area contributed by atoms with E-state index in [-0.39, 0.29) is 23.8 Å². The molecule has 1 spiro atoms. The summed E-state index contributed by atoms with van der Waals surface area (Å²) in [6, 6.07) is 5.47. The zero-order valence-corrected chi connectivity index (χ0v) is 16.8. The first-order chi connectivity index (χ1) is 12.5. The Morgan fingerprint density at radius 1 is 1.27 bits per heavy atom. The van der Waals surface area contributed by atoms with Crippen LogP contribution in [0.5, 0.6) is 0 Å². The van der Waals surface area contributed by atoms with Gasteiger partial charge in [0.05, 0.1) is 0 Å².